The van der Waals surface area contributed by atoms with E-state index >= 15 is 0 Å². The third kappa shape index (κ3) is 3.74. The van der Waals surface area contributed by atoms with Gasteiger partial charge in [0.2, 0.25) is 0 Å². The molecule has 2 rings (SSSR count). The van der Waals surface area contributed by atoms with Crippen molar-refractivity contribution in [1.29, 1.82) is 0 Å². The number of hydrogen-bond acceptors (Lipinski definition) is 3. The Kier molecular flexibility index (Phi) is 4.42. The number of nitrogens with one attached hydrogen (secondary N) is 1. The molecule has 2 saturated heterocycles. The zero-order chi connectivity index (χ0) is 10.5. The minimum atomic E-state index is 0.736. The van der Waals surface area contributed by atoms with Crippen LogP contribution in [0.4, 0.5) is 0 Å². The summed E-state index contributed by atoms with van der Waals surface area (Å²) in [5, 5.41) is 3.55. The summed E-state index contributed by atoms with van der Waals surface area (Å²) in [6.45, 7) is 5.58. The fourth-order valence-electron chi connectivity index (χ4n) is 2.76. The molecule has 0 aromatic carbocycles. The number of ether oxygens (including phenoxy) is 1. The second-order valence-electron chi connectivity index (χ2n) is 5.10. The van der Waals surface area contributed by atoms with Crippen LogP contribution in [0.25, 0.3) is 0 Å². The molecule has 2 aliphatic heterocycles. The van der Waals surface area contributed by atoms with Crippen LogP contribution >= 0.6 is 0 Å². The van der Waals surface area contributed by atoms with Gasteiger partial charge in [0.15, 0.2) is 0 Å². The molecule has 2 fully saturated rings. The fourth-order valence-corrected chi connectivity index (χ4v) is 2.76. The Hall–Kier alpha value is -0.120. The summed E-state index contributed by atoms with van der Waals surface area (Å²) in [5.41, 5.74) is 0. The lowest BCUT2D eigenvalue weighted by Gasteiger charge is -2.28. The maximum absolute atomic E-state index is 5.51. The molecular formula is C12H24N2O. The Morgan fingerprint density at radius 3 is 2.87 bits per heavy atom. The Bertz CT molecular complexity index is 174. The van der Waals surface area contributed by atoms with E-state index in [-0.39, 0.29) is 0 Å². The Labute approximate surface area is 93.2 Å². The van der Waals surface area contributed by atoms with Crippen LogP contribution in [0, 0.1) is 5.92 Å². The van der Waals surface area contributed by atoms with Crippen LogP contribution in [0.15, 0.2) is 0 Å². The lowest BCUT2D eigenvalue weighted by molar-refractivity contribution is 0.0412. The van der Waals surface area contributed by atoms with Crippen LogP contribution in [-0.4, -0.2) is 50.8 Å². The maximum Gasteiger partial charge on any atom is 0.0506 e. The highest BCUT2D eigenvalue weighted by Gasteiger charge is 2.19. The van der Waals surface area contributed by atoms with Gasteiger partial charge in [-0.05, 0) is 45.2 Å². The first-order valence-corrected chi connectivity index (χ1v) is 6.34. The number of rotatable bonds is 4. The smallest absolute Gasteiger partial charge is 0.0506 e. The maximum atomic E-state index is 5.51. The van der Waals surface area contributed by atoms with Crippen molar-refractivity contribution in [2.24, 2.45) is 5.92 Å². The van der Waals surface area contributed by atoms with E-state index in [9.17, 15) is 0 Å². The average molecular weight is 212 g/mol. The number of likely N-dealkylation sites (N-methyl/N-ethyl adjacent to an activating group) is 1. The van der Waals surface area contributed by atoms with Gasteiger partial charge in [-0.1, -0.05) is 0 Å². The van der Waals surface area contributed by atoms with Crippen LogP contribution in [-0.2, 0) is 4.74 Å². The minimum Gasteiger partial charge on any atom is -0.381 e. The summed E-state index contributed by atoms with van der Waals surface area (Å²) in [6.07, 6.45) is 5.30. The van der Waals surface area contributed by atoms with Gasteiger partial charge in [-0.2, -0.15) is 0 Å². The van der Waals surface area contributed by atoms with Crippen LogP contribution in [0.5, 0.6) is 0 Å². The summed E-state index contributed by atoms with van der Waals surface area (Å²) in [7, 11) is 2.24. The molecule has 0 aromatic rings. The third-order valence-corrected chi connectivity index (χ3v) is 3.52. The fraction of sp³-hybridized carbons (Fsp3) is 1.00. The Morgan fingerprint density at radius 1 is 1.27 bits per heavy atom. The van der Waals surface area contributed by atoms with E-state index in [0.717, 1.165) is 25.2 Å². The first-order chi connectivity index (χ1) is 7.34. The molecular weight excluding hydrogens is 188 g/mol. The highest BCUT2D eigenvalue weighted by Crippen LogP contribution is 2.15. The minimum absolute atomic E-state index is 0.736. The van der Waals surface area contributed by atoms with E-state index in [1.807, 2.05) is 0 Å². The monoisotopic (exact) mass is 212 g/mol. The van der Waals surface area contributed by atoms with Gasteiger partial charge in [0.1, 0.15) is 0 Å². The molecule has 0 spiro atoms. The van der Waals surface area contributed by atoms with Gasteiger partial charge >= 0.3 is 0 Å². The topological polar surface area (TPSA) is 24.5 Å². The van der Waals surface area contributed by atoms with Gasteiger partial charge < -0.3 is 15.0 Å². The molecule has 0 aromatic heterocycles. The van der Waals surface area contributed by atoms with Crippen LogP contribution in [0.1, 0.15) is 25.7 Å². The summed E-state index contributed by atoms with van der Waals surface area (Å²) >= 11 is 0. The van der Waals surface area contributed by atoms with E-state index in [0.29, 0.717) is 0 Å². The SMILES string of the molecule is CN(CC1CCCOC1)CC1CCCN1. The van der Waals surface area contributed by atoms with E-state index in [2.05, 4.69) is 17.3 Å². The molecule has 2 heterocycles. The zero-order valence-electron chi connectivity index (χ0n) is 9.87. The molecule has 0 amide bonds. The van der Waals surface area contributed by atoms with Gasteiger partial charge in [0.05, 0.1) is 6.61 Å². The van der Waals surface area contributed by atoms with Crippen molar-refractivity contribution in [3.63, 3.8) is 0 Å². The van der Waals surface area contributed by atoms with Crippen LogP contribution in [0.2, 0.25) is 0 Å². The van der Waals surface area contributed by atoms with Gasteiger partial charge in [-0.15, -0.1) is 0 Å². The number of nitrogens with zero attached hydrogens (tertiary/aromatic N) is 1. The molecule has 2 atom stereocenters. The van der Waals surface area contributed by atoms with Crippen LogP contribution < -0.4 is 5.32 Å². The molecule has 3 heteroatoms. The van der Waals surface area contributed by atoms with Gasteiger partial charge in [0, 0.05) is 25.7 Å². The molecule has 88 valence electrons. The van der Waals surface area contributed by atoms with Gasteiger partial charge in [-0.25, -0.2) is 0 Å². The molecule has 15 heavy (non-hydrogen) atoms. The highest BCUT2D eigenvalue weighted by atomic mass is 16.5. The quantitative estimate of drug-likeness (QED) is 0.755. The largest absolute Gasteiger partial charge is 0.381 e. The molecule has 0 aliphatic carbocycles. The molecule has 2 aliphatic rings. The molecule has 0 saturated carbocycles. The second-order valence-corrected chi connectivity index (χ2v) is 5.10. The molecule has 3 nitrogen and oxygen atoms in total. The molecule has 0 bridgehead atoms. The predicted molar refractivity (Wildman–Crippen MR) is 62.1 cm³/mol. The van der Waals surface area contributed by atoms with Crippen molar-refractivity contribution in [3.05, 3.63) is 0 Å². The van der Waals surface area contributed by atoms with E-state index in [4.69, 9.17) is 4.74 Å². The Morgan fingerprint density at radius 2 is 2.20 bits per heavy atom. The number of hydrogen-bond donors (Lipinski definition) is 1. The zero-order valence-corrected chi connectivity index (χ0v) is 9.87. The van der Waals surface area contributed by atoms with Crippen molar-refractivity contribution in [1.82, 2.24) is 10.2 Å². The van der Waals surface area contributed by atoms with Gasteiger partial charge in [0.25, 0.3) is 0 Å². The second kappa shape index (κ2) is 5.83. The molecule has 1 N–H and O–H groups in total. The van der Waals surface area contributed by atoms with E-state index in [1.54, 1.807) is 0 Å². The first kappa shape index (κ1) is 11.4. The van der Waals surface area contributed by atoms with E-state index < -0.39 is 0 Å². The summed E-state index contributed by atoms with van der Waals surface area (Å²) < 4.78 is 5.51. The summed E-state index contributed by atoms with van der Waals surface area (Å²) in [4.78, 5) is 2.47. The molecule has 2 unspecified atom stereocenters. The van der Waals surface area contributed by atoms with Crippen molar-refractivity contribution < 1.29 is 4.74 Å². The van der Waals surface area contributed by atoms with Crippen molar-refractivity contribution in [3.8, 4) is 0 Å². The standard InChI is InChI=1S/C12H24N2O/c1-14(9-12-5-2-6-13-12)8-11-4-3-7-15-10-11/h11-13H,2-10H2,1H3. The van der Waals surface area contributed by atoms with Crippen molar-refractivity contribution in [2.75, 3.05) is 39.9 Å². The van der Waals surface area contributed by atoms with E-state index in [1.165, 1.54) is 45.3 Å². The van der Waals surface area contributed by atoms with Crippen LogP contribution in [0.3, 0.4) is 0 Å². The highest BCUT2D eigenvalue weighted by molar-refractivity contribution is 4.78. The summed E-state index contributed by atoms with van der Waals surface area (Å²) in [5.74, 6) is 0.769. The van der Waals surface area contributed by atoms with Crippen molar-refractivity contribution in [2.45, 2.75) is 31.7 Å². The average Bonchev–Trinajstić information content (AvgIpc) is 2.71. The van der Waals surface area contributed by atoms with Crippen molar-refractivity contribution >= 4 is 0 Å². The third-order valence-electron chi connectivity index (χ3n) is 3.52. The first-order valence-electron chi connectivity index (χ1n) is 6.34. The Balaban J connectivity index is 1.64. The summed E-state index contributed by atoms with van der Waals surface area (Å²) in [6, 6.07) is 0.736. The normalized spacial score (nSPS) is 32.4. The lowest BCUT2D eigenvalue weighted by Crippen LogP contribution is -2.39. The van der Waals surface area contributed by atoms with Gasteiger partial charge in [-0.3, -0.25) is 0 Å². The molecule has 0 radical (unpaired) electrons. The predicted octanol–water partition coefficient (Wildman–Crippen LogP) is 1.10. The lowest BCUT2D eigenvalue weighted by atomic mass is 10.0.